The first-order valence-electron chi connectivity index (χ1n) is 6.28. The Balaban J connectivity index is 1.83. The second-order valence-corrected chi connectivity index (χ2v) is 4.50. The summed E-state index contributed by atoms with van der Waals surface area (Å²) in [5, 5.41) is 2.93. The van der Waals surface area contributed by atoms with Gasteiger partial charge in [-0.05, 0) is 12.5 Å². The highest BCUT2D eigenvalue weighted by Gasteiger charge is 2.22. The number of rotatable bonds is 4. The van der Waals surface area contributed by atoms with Gasteiger partial charge in [0.15, 0.2) is 0 Å². The maximum Gasteiger partial charge on any atom is 0.222 e. The van der Waals surface area contributed by atoms with E-state index in [-0.39, 0.29) is 18.1 Å². The Morgan fingerprint density at radius 1 is 1.44 bits per heavy atom. The summed E-state index contributed by atoms with van der Waals surface area (Å²) in [6.07, 6.45) is 0.370. The van der Waals surface area contributed by atoms with Crippen LogP contribution >= 0.6 is 0 Å². The van der Waals surface area contributed by atoms with Gasteiger partial charge in [0, 0.05) is 6.42 Å². The molecule has 0 spiro atoms. The molecule has 0 aromatic heterocycles. The third-order valence-electron chi connectivity index (χ3n) is 3.04. The van der Waals surface area contributed by atoms with Crippen LogP contribution in [0.15, 0.2) is 30.3 Å². The van der Waals surface area contributed by atoms with Gasteiger partial charge in [-0.15, -0.1) is 0 Å². The Kier molecular flexibility index (Phi) is 4.73. The summed E-state index contributed by atoms with van der Waals surface area (Å²) in [6, 6.07) is 9.93. The molecule has 0 saturated carbocycles. The van der Waals surface area contributed by atoms with Crippen molar-refractivity contribution in [1.82, 2.24) is 5.32 Å². The Hall–Kier alpha value is -1.39. The van der Waals surface area contributed by atoms with Gasteiger partial charge in [0.05, 0.1) is 32.0 Å². The number of nitrogens with one attached hydrogen (secondary N) is 1. The molecule has 1 aromatic rings. The first-order valence-corrected chi connectivity index (χ1v) is 6.28. The number of hydrogen-bond acceptors (Lipinski definition) is 3. The monoisotopic (exact) mass is 249 g/mol. The van der Waals surface area contributed by atoms with Gasteiger partial charge in [-0.2, -0.15) is 0 Å². The van der Waals surface area contributed by atoms with Crippen LogP contribution in [0.3, 0.4) is 0 Å². The van der Waals surface area contributed by atoms with Crippen LogP contribution < -0.4 is 5.32 Å². The molecule has 98 valence electrons. The predicted octanol–water partition coefficient (Wildman–Crippen LogP) is 1.50. The maximum absolute atomic E-state index is 11.4. The average molecular weight is 249 g/mol. The van der Waals surface area contributed by atoms with Crippen molar-refractivity contribution in [3.63, 3.8) is 0 Å². The van der Waals surface area contributed by atoms with Gasteiger partial charge in [-0.3, -0.25) is 4.79 Å². The SMILES string of the molecule is C[C@H](OCc1ccccc1)[C@@H]1COCCC(=O)N1. The second-order valence-electron chi connectivity index (χ2n) is 4.50. The molecule has 0 radical (unpaired) electrons. The first kappa shape index (κ1) is 13.1. The highest BCUT2D eigenvalue weighted by atomic mass is 16.5. The molecule has 1 amide bonds. The van der Waals surface area contributed by atoms with Crippen molar-refractivity contribution in [2.45, 2.75) is 32.1 Å². The lowest BCUT2D eigenvalue weighted by Crippen LogP contribution is -2.44. The molecule has 4 heteroatoms. The highest BCUT2D eigenvalue weighted by molar-refractivity contribution is 5.76. The van der Waals surface area contributed by atoms with Gasteiger partial charge < -0.3 is 14.8 Å². The van der Waals surface area contributed by atoms with Crippen LogP contribution in [0.2, 0.25) is 0 Å². The zero-order chi connectivity index (χ0) is 12.8. The van der Waals surface area contributed by atoms with Gasteiger partial charge in [0.25, 0.3) is 0 Å². The normalized spacial score (nSPS) is 22.1. The molecule has 1 aromatic carbocycles. The van der Waals surface area contributed by atoms with Gasteiger partial charge in [-0.25, -0.2) is 0 Å². The van der Waals surface area contributed by atoms with Crippen molar-refractivity contribution >= 4 is 5.91 Å². The lowest BCUT2D eigenvalue weighted by Gasteiger charge is -2.23. The van der Waals surface area contributed by atoms with Crippen LogP contribution in [0.25, 0.3) is 0 Å². The molecule has 0 unspecified atom stereocenters. The fourth-order valence-electron chi connectivity index (χ4n) is 1.87. The highest BCUT2D eigenvalue weighted by Crippen LogP contribution is 2.08. The fourth-order valence-corrected chi connectivity index (χ4v) is 1.87. The Labute approximate surface area is 107 Å². The summed E-state index contributed by atoms with van der Waals surface area (Å²) in [7, 11) is 0. The zero-order valence-electron chi connectivity index (χ0n) is 10.6. The van der Waals surface area contributed by atoms with Crippen LogP contribution in [0, 0.1) is 0 Å². The van der Waals surface area contributed by atoms with E-state index in [4.69, 9.17) is 9.47 Å². The third-order valence-corrected chi connectivity index (χ3v) is 3.04. The molecular weight excluding hydrogens is 230 g/mol. The molecule has 1 heterocycles. The lowest BCUT2D eigenvalue weighted by atomic mass is 10.2. The van der Waals surface area contributed by atoms with Crippen LogP contribution in [0.5, 0.6) is 0 Å². The molecule has 18 heavy (non-hydrogen) atoms. The topological polar surface area (TPSA) is 47.6 Å². The molecule has 2 atom stereocenters. The molecule has 1 fully saturated rings. The van der Waals surface area contributed by atoms with Crippen molar-refractivity contribution in [3.8, 4) is 0 Å². The smallest absolute Gasteiger partial charge is 0.222 e. The van der Waals surface area contributed by atoms with E-state index < -0.39 is 0 Å². The van der Waals surface area contributed by atoms with Crippen molar-refractivity contribution < 1.29 is 14.3 Å². The molecule has 1 aliphatic rings. The van der Waals surface area contributed by atoms with Crippen LogP contribution in [-0.4, -0.2) is 31.3 Å². The molecule has 0 aliphatic carbocycles. The van der Waals surface area contributed by atoms with Crippen molar-refractivity contribution in [2.24, 2.45) is 0 Å². The van der Waals surface area contributed by atoms with Gasteiger partial charge in [0.2, 0.25) is 5.91 Å². The number of ether oxygens (including phenoxy) is 2. The van der Waals surface area contributed by atoms with E-state index in [0.29, 0.717) is 26.2 Å². The van der Waals surface area contributed by atoms with Gasteiger partial charge in [-0.1, -0.05) is 30.3 Å². The predicted molar refractivity (Wildman–Crippen MR) is 68.1 cm³/mol. The molecule has 0 bridgehead atoms. The van der Waals surface area contributed by atoms with Crippen molar-refractivity contribution in [2.75, 3.05) is 13.2 Å². The second kappa shape index (κ2) is 6.52. The summed E-state index contributed by atoms with van der Waals surface area (Å²) in [6.45, 7) is 3.52. The number of benzene rings is 1. The number of carbonyl (C=O) groups excluding carboxylic acids is 1. The lowest BCUT2D eigenvalue weighted by molar-refractivity contribution is -0.122. The molecule has 2 rings (SSSR count). The summed E-state index contributed by atoms with van der Waals surface area (Å²) in [5.74, 6) is 0.0349. The van der Waals surface area contributed by atoms with E-state index in [2.05, 4.69) is 5.32 Å². The van der Waals surface area contributed by atoms with E-state index in [9.17, 15) is 4.79 Å². The molecular formula is C14H19NO3. The summed E-state index contributed by atoms with van der Waals surface area (Å²) in [5.41, 5.74) is 1.13. The van der Waals surface area contributed by atoms with Crippen LogP contribution in [0.1, 0.15) is 18.9 Å². The summed E-state index contributed by atoms with van der Waals surface area (Å²) < 4.78 is 11.2. The van der Waals surface area contributed by atoms with Crippen molar-refractivity contribution in [1.29, 1.82) is 0 Å². The van der Waals surface area contributed by atoms with E-state index in [1.54, 1.807) is 0 Å². The number of hydrogen-bond donors (Lipinski definition) is 1. The minimum absolute atomic E-state index is 0.0349. The van der Waals surface area contributed by atoms with Crippen LogP contribution in [-0.2, 0) is 20.9 Å². The van der Waals surface area contributed by atoms with Gasteiger partial charge in [0.1, 0.15) is 0 Å². The minimum atomic E-state index is -0.0660. The molecule has 4 nitrogen and oxygen atoms in total. The summed E-state index contributed by atoms with van der Waals surface area (Å²) in [4.78, 5) is 11.4. The average Bonchev–Trinajstić information content (AvgIpc) is 2.62. The minimum Gasteiger partial charge on any atom is -0.379 e. The molecule has 1 aliphatic heterocycles. The van der Waals surface area contributed by atoms with Crippen LogP contribution in [0.4, 0.5) is 0 Å². The Morgan fingerprint density at radius 2 is 2.22 bits per heavy atom. The largest absolute Gasteiger partial charge is 0.379 e. The number of carbonyl (C=O) groups is 1. The van der Waals surface area contributed by atoms with Gasteiger partial charge >= 0.3 is 0 Å². The Bertz CT molecular complexity index is 380. The third kappa shape index (κ3) is 3.82. The maximum atomic E-state index is 11.4. The molecule has 1 saturated heterocycles. The van der Waals surface area contributed by atoms with E-state index in [1.165, 1.54) is 0 Å². The standard InChI is InChI=1S/C14H19NO3/c1-11(13-10-17-8-7-14(16)15-13)18-9-12-5-3-2-4-6-12/h2-6,11,13H,7-10H2,1H3,(H,15,16)/t11-,13-/m0/s1. The molecule has 1 N–H and O–H groups in total. The quantitative estimate of drug-likeness (QED) is 0.879. The van der Waals surface area contributed by atoms with Crippen molar-refractivity contribution in [3.05, 3.63) is 35.9 Å². The first-order chi connectivity index (χ1) is 8.75. The van der Waals surface area contributed by atoms with E-state index in [0.717, 1.165) is 5.56 Å². The number of amides is 1. The summed E-state index contributed by atoms with van der Waals surface area (Å²) >= 11 is 0. The van der Waals surface area contributed by atoms with E-state index in [1.807, 2.05) is 37.3 Å². The zero-order valence-corrected chi connectivity index (χ0v) is 10.6. The van der Waals surface area contributed by atoms with E-state index >= 15 is 0 Å². The Morgan fingerprint density at radius 3 is 3.00 bits per heavy atom. The fraction of sp³-hybridized carbons (Fsp3) is 0.500.